The second kappa shape index (κ2) is 7.03. The summed E-state index contributed by atoms with van der Waals surface area (Å²) in [6, 6.07) is 4.52. The maximum atomic E-state index is 12.9. The van der Waals surface area contributed by atoms with Gasteiger partial charge in [0.05, 0.1) is 12.1 Å². The first-order valence-electron chi connectivity index (χ1n) is 10.8. The summed E-state index contributed by atoms with van der Waals surface area (Å²) in [4.78, 5) is 36.0. The van der Waals surface area contributed by atoms with Gasteiger partial charge in [-0.1, -0.05) is 18.2 Å². The van der Waals surface area contributed by atoms with Crippen LogP contribution in [0.15, 0.2) is 46.1 Å². The molecular weight excluding hydrogens is 408 g/mol. The molecule has 0 aromatic rings. The molecule has 162 valence electrons. The molecular formula is C25H22N2O5. The molecule has 1 saturated carbocycles. The van der Waals surface area contributed by atoms with Gasteiger partial charge in [-0.25, -0.2) is 0 Å². The molecule has 0 heterocycles. The number of esters is 2. The van der Waals surface area contributed by atoms with Gasteiger partial charge >= 0.3 is 11.9 Å². The van der Waals surface area contributed by atoms with Crippen LogP contribution < -0.4 is 0 Å². The lowest BCUT2D eigenvalue weighted by atomic mass is 9.65. The summed E-state index contributed by atoms with van der Waals surface area (Å²) in [6.07, 6.45) is 6.60. The summed E-state index contributed by atoms with van der Waals surface area (Å²) in [7, 11) is 0. The van der Waals surface area contributed by atoms with Crippen molar-refractivity contribution in [3.8, 4) is 12.1 Å². The van der Waals surface area contributed by atoms with Crippen molar-refractivity contribution in [1.82, 2.24) is 0 Å². The van der Waals surface area contributed by atoms with Crippen LogP contribution in [0.1, 0.15) is 26.7 Å². The van der Waals surface area contributed by atoms with Crippen molar-refractivity contribution >= 4 is 17.7 Å². The van der Waals surface area contributed by atoms with Crippen molar-refractivity contribution in [2.24, 2.45) is 35.0 Å². The first kappa shape index (κ1) is 20.5. The van der Waals surface area contributed by atoms with Gasteiger partial charge in [0.1, 0.15) is 13.2 Å². The standard InChI is InChI=1S/C25H22N2O5/c1-12(28)31-8-19-18-7-25(10-26,11-27)21-5-17-14-3-4-15(23(14)17)24(21)20(9-32-13(2)29)16(18)6-22(19)30/h3-5,14-15,17,23-24H,6-9H2,1-2H3/t14?,15-,17+,23+,24-/m1/s1. The summed E-state index contributed by atoms with van der Waals surface area (Å²) in [6.45, 7) is 2.41. The normalized spacial score (nSPS) is 32.7. The second-order valence-electron chi connectivity index (χ2n) is 9.22. The number of fused-ring (bicyclic) bond motifs is 4. The maximum absolute atomic E-state index is 12.9. The molecule has 5 aliphatic carbocycles. The van der Waals surface area contributed by atoms with Crippen LogP contribution in [-0.4, -0.2) is 30.9 Å². The van der Waals surface area contributed by atoms with Crippen LogP contribution in [0.4, 0.5) is 0 Å². The lowest BCUT2D eigenvalue weighted by Gasteiger charge is -2.36. The van der Waals surface area contributed by atoms with E-state index < -0.39 is 17.4 Å². The second-order valence-corrected chi connectivity index (χ2v) is 9.22. The quantitative estimate of drug-likeness (QED) is 0.497. The Morgan fingerprint density at radius 2 is 1.69 bits per heavy atom. The van der Waals surface area contributed by atoms with E-state index in [-0.39, 0.29) is 43.7 Å². The molecule has 0 N–H and O–H groups in total. The highest BCUT2D eigenvalue weighted by atomic mass is 16.5. The summed E-state index contributed by atoms with van der Waals surface area (Å²) in [5.74, 6) is -0.121. The van der Waals surface area contributed by atoms with Gasteiger partial charge in [-0.05, 0) is 46.0 Å². The molecule has 5 aliphatic rings. The minimum absolute atomic E-state index is 0.00360. The molecule has 0 bridgehead atoms. The van der Waals surface area contributed by atoms with Gasteiger partial charge in [-0.15, -0.1) is 0 Å². The number of carbonyl (C=O) groups is 3. The van der Waals surface area contributed by atoms with Crippen LogP contribution >= 0.6 is 0 Å². The summed E-state index contributed by atoms with van der Waals surface area (Å²) in [5.41, 5.74) is 1.77. The molecule has 5 atom stereocenters. The fraction of sp³-hybridized carbons (Fsp3) is 0.480. The number of allylic oxidation sites excluding steroid dienone is 6. The van der Waals surface area contributed by atoms with Gasteiger partial charge in [-0.2, -0.15) is 10.5 Å². The Morgan fingerprint density at radius 1 is 1.03 bits per heavy atom. The van der Waals surface area contributed by atoms with Crippen molar-refractivity contribution in [3.63, 3.8) is 0 Å². The van der Waals surface area contributed by atoms with Gasteiger partial charge in [0, 0.05) is 38.2 Å². The molecule has 1 unspecified atom stereocenters. The number of ketones is 1. The van der Waals surface area contributed by atoms with E-state index in [0.29, 0.717) is 28.9 Å². The monoisotopic (exact) mass is 430 g/mol. The number of Topliss-reactive ketones (excluding diaryl/α,β-unsaturated/α-hetero) is 1. The molecule has 5 rings (SSSR count). The summed E-state index contributed by atoms with van der Waals surface area (Å²) in [5, 5.41) is 20.5. The third kappa shape index (κ3) is 2.81. The largest absolute Gasteiger partial charge is 0.461 e. The third-order valence-corrected chi connectivity index (χ3v) is 7.62. The summed E-state index contributed by atoms with van der Waals surface area (Å²) < 4.78 is 10.5. The van der Waals surface area contributed by atoms with Crippen molar-refractivity contribution in [2.75, 3.05) is 13.2 Å². The average Bonchev–Trinajstić information content (AvgIpc) is 3.14. The van der Waals surface area contributed by atoms with Crippen molar-refractivity contribution in [3.05, 3.63) is 46.1 Å². The Balaban J connectivity index is 1.72. The molecule has 0 spiro atoms. The van der Waals surface area contributed by atoms with E-state index in [1.165, 1.54) is 13.8 Å². The van der Waals surface area contributed by atoms with Gasteiger partial charge < -0.3 is 9.47 Å². The molecule has 1 fully saturated rings. The zero-order valence-electron chi connectivity index (χ0n) is 17.9. The zero-order valence-corrected chi connectivity index (χ0v) is 17.9. The number of hydrogen-bond donors (Lipinski definition) is 0. The minimum Gasteiger partial charge on any atom is -0.461 e. The van der Waals surface area contributed by atoms with E-state index in [1.807, 2.05) is 0 Å². The lowest BCUT2D eigenvalue weighted by Crippen LogP contribution is -2.33. The first-order valence-corrected chi connectivity index (χ1v) is 10.8. The number of hydrogen-bond acceptors (Lipinski definition) is 7. The van der Waals surface area contributed by atoms with E-state index in [1.54, 1.807) is 0 Å². The average molecular weight is 430 g/mol. The first-order chi connectivity index (χ1) is 15.3. The molecule has 0 aromatic heterocycles. The van der Waals surface area contributed by atoms with E-state index in [2.05, 4.69) is 30.4 Å². The summed E-state index contributed by atoms with van der Waals surface area (Å²) >= 11 is 0. The highest BCUT2D eigenvalue weighted by Crippen LogP contribution is 2.67. The van der Waals surface area contributed by atoms with Crippen LogP contribution in [0.25, 0.3) is 0 Å². The predicted molar refractivity (Wildman–Crippen MR) is 110 cm³/mol. The Hall–Kier alpha value is -3.45. The van der Waals surface area contributed by atoms with E-state index >= 15 is 0 Å². The molecule has 0 radical (unpaired) electrons. The fourth-order valence-electron chi connectivity index (χ4n) is 6.17. The van der Waals surface area contributed by atoms with E-state index in [4.69, 9.17) is 9.47 Å². The molecule has 0 aliphatic heterocycles. The Morgan fingerprint density at radius 3 is 2.34 bits per heavy atom. The number of ether oxygens (including phenoxy) is 2. The van der Waals surface area contributed by atoms with Crippen LogP contribution in [0, 0.1) is 57.7 Å². The van der Waals surface area contributed by atoms with Crippen LogP contribution in [0.3, 0.4) is 0 Å². The third-order valence-electron chi connectivity index (χ3n) is 7.62. The van der Waals surface area contributed by atoms with Crippen molar-refractivity contribution in [1.29, 1.82) is 10.5 Å². The fourth-order valence-corrected chi connectivity index (χ4v) is 6.17. The number of rotatable bonds is 4. The highest BCUT2D eigenvalue weighted by Gasteiger charge is 2.63. The van der Waals surface area contributed by atoms with Gasteiger partial charge in [0.2, 0.25) is 0 Å². The molecule has 0 saturated heterocycles. The predicted octanol–water partition coefficient (Wildman–Crippen LogP) is 2.72. The number of nitriles is 2. The zero-order chi connectivity index (χ0) is 22.8. The minimum atomic E-state index is -1.43. The number of carbonyl (C=O) groups excluding carboxylic acids is 3. The van der Waals surface area contributed by atoms with Crippen LogP contribution in [-0.2, 0) is 23.9 Å². The van der Waals surface area contributed by atoms with Crippen LogP contribution in [0.2, 0.25) is 0 Å². The maximum Gasteiger partial charge on any atom is 0.302 e. The van der Waals surface area contributed by atoms with Gasteiger partial charge in [-0.3, -0.25) is 14.4 Å². The Kier molecular flexibility index (Phi) is 4.49. The molecule has 0 aromatic carbocycles. The molecule has 32 heavy (non-hydrogen) atoms. The number of nitrogens with zero attached hydrogens (tertiary/aromatic N) is 2. The molecule has 7 nitrogen and oxygen atoms in total. The van der Waals surface area contributed by atoms with Gasteiger partial charge in [0.15, 0.2) is 11.2 Å². The topological polar surface area (TPSA) is 117 Å². The lowest BCUT2D eigenvalue weighted by molar-refractivity contribution is -0.141. The molecule has 7 heteroatoms. The van der Waals surface area contributed by atoms with E-state index in [9.17, 15) is 24.9 Å². The smallest absolute Gasteiger partial charge is 0.302 e. The Bertz CT molecular complexity index is 1160. The highest BCUT2D eigenvalue weighted by molar-refractivity contribution is 6.03. The molecule has 0 amide bonds. The van der Waals surface area contributed by atoms with Crippen molar-refractivity contribution < 1.29 is 23.9 Å². The Labute approximate surface area is 185 Å². The van der Waals surface area contributed by atoms with Crippen molar-refractivity contribution in [2.45, 2.75) is 26.7 Å². The SMILES string of the molecule is CC(=O)OCC1=C2CC(C#N)(C#N)C3=C[C@H]4C5C=C[C@@H]([C@@H]3C(COC(C)=O)=C2CC1=O)[C@H]54. The van der Waals surface area contributed by atoms with Gasteiger partial charge in [0.25, 0.3) is 0 Å². The van der Waals surface area contributed by atoms with Crippen LogP contribution in [0.5, 0.6) is 0 Å². The van der Waals surface area contributed by atoms with E-state index in [0.717, 1.165) is 16.7 Å².